The number of aliphatic hydroxyl groups is 1. The number of benzene rings is 2. The lowest BCUT2D eigenvalue weighted by atomic mass is 9.87. The van der Waals surface area contributed by atoms with Crippen LogP contribution in [0.25, 0.3) is 0 Å². The van der Waals surface area contributed by atoms with Crippen molar-refractivity contribution in [1.82, 2.24) is 19.7 Å². The van der Waals surface area contributed by atoms with Crippen molar-refractivity contribution in [1.29, 1.82) is 0 Å². The fraction of sp³-hybridized carbons (Fsp3) is 0.440. The number of hydrogen-bond acceptors (Lipinski definition) is 5. The van der Waals surface area contributed by atoms with E-state index >= 15 is 0 Å². The van der Waals surface area contributed by atoms with Gasteiger partial charge in [0.25, 0.3) is 0 Å². The minimum Gasteiger partial charge on any atom is -0.494 e. The van der Waals surface area contributed by atoms with Crippen molar-refractivity contribution in [2.45, 2.75) is 44.8 Å². The lowest BCUT2D eigenvalue weighted by Crippen LogP contribution is -2.43. The van der Waals surface area contributed by atoms with Gasteiger partial charge in [0.05, 0.1) is 13.2 Å². The van der Waals surface area contributed by atoms with E-state index < -0.39 is 17.2 Å². The van der Waals surface area contributed by atoms with Gasteiger partial charge in [-0.1, -0.05) is 39.0 Å². The molecule has 0 aliphatic rings. The molecular weight excluding hydrogens is 426 g/mol. The Morgan fingerprint density at radius 3 is 2.42 bits per heavy atom. The summed E-state index contributed by atoms with van der Waals surface area (Å²) in [6.07, 6.45) is 3.50. The maximum absolute atomic E-state index is 14.5. The van der Waals surface area contributed by atoms with Gasteiger partial charge in [-0.25, -0.2) is 18.4 Å². The van der Waals surface area contributed by atoms with E-state index in [0.717, 1.165) is 17.9 Å². The minimum absolute atomic E-state index is 0.0152. The van der Waals surface area contributed by atoms with E-state index in [1.54, 1.807) is 0 Å². The molecule has 0 bridgehead atoms. The van der Waals surface area contributed by atoms with Crippen molar-refractivity contribution in [3.05, 3.63) is 77.9 Å². The summed E-state index contributed by atoms with van der Waals surface area (Å²) in [6.45, 7) is 7.72. The predicted molar refractivity (Wildman–Crippen MR) is 123 cm³/mol. The molecule has 1 unspecified atom stereocenters. The highest BCUT2D eigenvalue weighted by atomic mass is 19.1. The largest absolute Gasteiger partial charge is 0.494 e. The Morgan fingerprint density at radius 2 is 1.82 bits per heavy atom. The Balaban J connectivity index is 1.58. The van der Waals surface area contributed by atoms with Crippen molar-refractivity contribution in [2.75, 3.05) is 26.7 Å². The van der Waals surface area contributed by atoms with Gasteiger partial charge >= 0.3 is 0 Å². The molecule has 0 aliphatic carbocycles. The molecule has 0 amide bonds. The van der Waals surface area contributed by atoms with Crippen LogP contribution in [0.15, 0.2) is 55.1 Å². The smallest absolute Gasteiger partial charge is 0.137 e. The number of aromatic nitrogens is 3. The van der Waals surface area contributed by atoms with Gasteiger partial charge < -0.3 is 14.7 Å². The summed E-state index contributed by atoms with van der Waals surface area (Å²) in [7, 11) is 1.84. The molecule has 1 N–H and O–H groups in total. The maximum Gasteiger partial charge on any atom is 0.137 e. The molecule has 6 nitrogen and oxygen atoms in total. The van der Waals surface area contributed by atoms with Crippen molar-refractivity contribution in [3.8, 4) is 5.75 Å². The number of nitrogens with zero attached hydrogens (tertiary/aromatic N) is 4. The molecule has 0 spiro atoms. The van der Waals surface area contributed by atoms with Crippen LogP contribution in [0.5, 0.6) is 5.75 Å². The van der Waals surface area contributed by atoms with E-state index in [4.69, 9.17) is 4.74 Å². The molecule has 1 aromatic heterocycles. The second-order valence-corrected chi connectivity index (χ2v) is 9.46. The monoisotopic (exact) mass is 458 g/mol. The van der Waals surface area contributed by atoms with E-state index in [9.17, 15) is 13.9 Å². The third-order valence-corrected chi connectivity index (χ3v) is 5.53. The molecule has 0 saturated carbocycles. The lowest BCUT2D eigenvalue weighted by molar-refractivity contribution is -0.0165. The number of hydrogen-bond donors (Lipinski definition) is 1. The fourth-order valence-corrected chi connectivity index (χ4v) is 3.77. The molecule has 0 saturated heterocycles. The van der Waals surface area contributed by atoms with Crippen molar-refractivity contribution in [2.24, 2.45) is 0 Å². The van der Waals surface area contributed by atoms with Crippen LogP contribution < -0.4 is 4.74 Å². The number of likely N-dealkylation sites (N-methyl/N-ethyl adjacent to an activating group) is 1. The van der Waals surface area contributed by atoms with Gasteiger partial charge in [0.15, 0.2) is 0 Å². The molecule has 1 heterocycles. The average Bonchev–Trinajstić information content (AvgIpc) is 3.23. The molecular formula is C25H32F2N4O2. The molecule has 0 radical (unpaired) electrons. The first kappa shape index (κ1) is 24.8. The standard InChI is InChI=1S/C25H32F2N4O2/c1-24(2,3)19-6-9-21(10-7-19)33-13-5-12-30(4)15-25(32,16-31-18-28-17-29-31)22-11-8-20(26)14-23(22)27/h6-11,14,17-18,32H,5,12-13,15-16H2,1-4H3. The van der Waals surface area contributed by atoms with E-state index in [1.807, 2.05) is 24.1 Å². The Hall–Kier alpha value is -2.84. The highest BCUT2D eigenvalue weighted by Gasteiger charge is 2.34. The molecule has 178 valence electrons. The second kappa shape index (κ2) is 10.4. The molecule has 33 heavy (non-hydrogen) atoms. The topological polar surface area (TPSA) is 63.4 Å². The SMILES string of the molecule is CN(CCCOc1ccc(C(C)(C)C)cc1)CC(O)(Cn1cncn1)c1ccc(F)cc1F. The van der Waals surface area contributed by atoms with Crippen LogP contribution in [0, 0.1) is 11.6 Å². The summed E-state index contributed by atoms with van der Waals surface area (Å²) < 4.78 is 35.2. The van der Waals surface area contributed by atoms with Crippen LogP contribution >= 0.6 is 0 Å². The molecule has 2 aromatic carbocycles. The summed E-state index contributed by atoms with van der Waals surface area (Å²) in [4.78, 5) is 5.78. The zero-order valence-electron chi connectivity index (χ0n) is 19.6. The molecule has 0 fully saturated rings. The zero-order chi connectivity index (χ0) is 24.1. The first-order valence-electron chi connectivity index (χ1n) is 11.0. The first-order chi connectivity index (χ1) is 15.6. The zero-order valence-corrected chi connectivity index (χ0v) is 19.6. The van der Waals surface area contributed by atoms with Crippen LogP contribution in [0.3, 0.4) is 0 Å². The van der Waals surface area contributed by atoms with Gasteiger partial charge in [-0.05, 0) is 42.6 Å². The van der Waals surface area contributed by atoms with E-state index in [-0.39, 0.29) is 24.1 Å². The van der Waals surface area contributed by atoms with Gasteiger partial charge in [-0.3, -0.25) is 0 Å². The Bertz CT molecular complexity index is 1020. The highest BCUT2D eigenvalue weighted by Crippen LogP contribution is 2.28. The minimum atomic E-state index is -1.62. The Kier molecular flexibility index (Phi) is 7.81. The third kappa shape index (κ3) is 6.82. The van der Waals surface area contributed by atoms with E-state index in [2.05, 4.69) is 43.0 Å². The summed E-state index contributed by atoms with van der Waals surface area (Å²) in [5.74, 6) is -0.685. The fourth-order valence-electron chi connectivity index (χ4n) is 3.77. The van der Waals surface area contributed by atoms with Crippen molar-refractivity contribution < 1.29 is 18.6 Å². The normalized spacial score (nSPS) is 13.8. The van der Waals surface area contributed by atoms with Crippen LogP contribution in [-0.4, -0.2) is 51.5 Å². The average molecular weight is 459 g/mol. The molecule has 1 atom stereocenters. The van der Waals surface area contributed by atoms with Gasteiger partial charge in [0.1, 0.15) is 35.6 Å². The predicted octanol–water partition coefficient (Wildman–Crippen LogP) is 4.14. The molecule has 3 rings (SSSR count). The summed E-state index contributed by atoms with van der Waals surface area (Å²) in [5.41, 5.74) is -0.270. The number of rotatable bonds is 10. The third-order valence-electron chi connectivity index (χ3n) is 5.53. The van der Waals surface area contributed by atoms with Crippen LogP contribution in [0.1, 0.15) is 38.3 Å². The summed E-state index contributed by atoms with van der Waals surface area (Å²) >= 11 is 0. The first-order valence-corrected chi connectivity index (χ1v) is 11.0. The van der Waals surface area contributed by atoms with Crippen LogP contribution in [-0.2, 0) is 17.6 Å². The van der Waals surface area contributed by atoms with Crippen LogP contribution in [0.4, 0.5) is 8.78 Å². The van der Waals surface area contributed by atoms with Crippen LogP contribution in [0.2, 0.25) is 0 Å². The molecule has 8 heteroatoms. The summed E-state index contributed by atoms with van der Waals surface area (Å²) in [5, 5.41) is 15.4. The quantitative estimate of drug-likeness (QED) is 0.463. The molecule has 0 aliphatic heterocycles. The maximum atomic E-state index is 14.5. The summed E-state index contributed by atoms with van der Waals surface area (Å²) in [6, 6.07) is 11.3. The molecule has 3 aromatic rings. The van der Waals surface area contributed by atoms with Gasteiger partial charge in [0, 0.05) is 24.7 Å². The highest BCUT2D eigenvalue weighted by molar-refractivity contribution is 5.31. The van der Waals surface area contributed by atoms with E-state index in [0.29, 0.717) is 19.6 Å². The van der Waals surface area contributed by atoms with Crippen molar-refractivity contribution >= 4 is 0 Å². The van der Waals surface area contributed by atoms with Crippen molar-refractivity contribution in [3.63, 3.8) is 0 Å². The van der Waals surface area contributed by atoms with Gasteiger partial charge in [0.2, 0.25) is 0 Å². The van der Waals surface area contributed by atoms with Gasteiger partial charge in [-0.15, -0.1) is 0 Å². The second-order valence-electron chi connectivity index (χ2n) is 9.46. The Morgan fingerprint density at radius 1 is 1.09 bits per heavy atom. The Labute approximate surface area is 193 Å². The van der Waals surface area contributed by atoms with Gasteiger partial charge in [-0.2, -0.15) is 5.10 Å². The number of halogens is 2. The van der Waals surface area contributed by atoms with E-state index in [1.165, 1.54) is 29.0 Å². The lowest BCUT2D eigenvalue weighted by Gasteiger charge is -2.33. The number of ether oxygens (including phenoxy) is 1.